The van der Waals surface area contributed by atoms with E-state index >= 15 is 0 Å². The van der Waals surface area contributed by atoms with Gasteiger partial charge < -0.3 is 20.1 Å². The molecule has 2 amide bonds. The standard InChI is InChI=1S/C19H21ClN2O4/c1-25-16-6-8-17(9-7-16)26-13-12-22-19(24)18(23)21-11-10-14-2-4-15(20)5-3-14/h2-9H,10-13H2,1H3,(H,21,23)(H,22,24). The highest BCUT2D eigenvalue weighted by Crippen LogP contribution is 2.16. The van der Waals surface area contributed by atoms with Crippen molar-refractivity contribution >= 4 is 23.4 Å². The van der Waals surface area contributed by atoms with Gasteiger partial charge in [-0.1, -0.05) is 23.7 Å². The molecule has 2 N–H and O–H groups in total. The fourth-order valence-corrected chi connectivity index (χ4v) is 2.26. The zero-order valence-corrected chi connectivity index (χ0v) is 15.2. The van der Waals surface area contributed by atoms with E-state index in [-0.39, 0.29) is 13.2 Å². The van der Waals surface area contributed by atoms with Crippen molar-refractivity contribution in [3.63, 3.8) is 0 Å². The molecular weight excluding hydrogens is 356 g/mol. The lowest BCUT2D eigenvalue weighted by atomic mass is 10.1. The van der Waals surface area contributed by atoms with Gasteiger partial charge in [0.15, 0.2) is 0 Å². The van der Waals surface area contributed by atoms with Gasteiger partial charge in [0, 0.05) is 11.6 Å². The first kappa shape index (κ1) is 19.6. The molecule has 0 saturated heterocycles. The molecule has 0 fully saturated rings. The van der Waals surface area contributed by atoms with E-state index < -0.39 is 11.8 Å². The lowest BCUT2D eigenvalue weighted by molar-refractivity contribution is -0.139. The number of halogens is 1. The third-order valence-corrected chi connectivity index (χ3v) is 3.79. The zero-order valence-electron chi connectivity index (χ0n) is 14.5. The molecule has 0 heterocycles. The number of benzene rings is 2. The van der Waals surface area contributed by atoms with Crippen LogP contribution in [0.1, 0.15) is 5.56 Å². The van der Waals surface area contributed by atoms with E-state index in [2.05, 4.69) is 10.6 Å². The van der Waals surface area contributed by atoms with Crippen LogP contribution in [-0.4, -0.2) is 38.6 Å². The fraction of sp³-hybridized carbons (Fsp3) is 0.263. The molecule has 2 aromatic rings. The number of hydrogen-bond acceptors (Lipinski definition) is 4. The molecule has 0 radical (unpaired) electrons. The van der Waals surface area contributed by atoms with Gasteiger partial charge in [-0.15, -0.1) is 0 Å². The summed E-state index contributed by atoms with van der Waals surface area (Å²) in [6.45, 7) is 0.863. The lowest BCUT2D eigenvalue weighted by Gasteiger charge is -2.09. The van der Waals surface area contributed by atoms with Crippen LogP contribution in [0, 0.1) is 0 Å². The lowest BCUT2D eigenvalue weighted by Crippen LogP contribution is -2.42. The number of rotatable bonds is 8. The molecule has 0 aliphatic rings. The molecule has 6 nitrogen and oxygen atoms in total. The van der Waals surface area contributed by atoms with Crippen molar-refractivity contribution < 1.29 is 19.1 Å². The van der Waals surface area contributed by atoms with Crippen molar-refractivity contribution in [3.8, 4) is 11.5 Å². The van der Waals surface area contributed by atoms with Crippen molar-refractivity contribution in [1.29, 1.82) is 0 Å². The largest absolute Gasteiger partial charge is 0.497 e. The molecule has 26 heavy (non-hydrogen) atoms. The van der Waals surface area contributed by atoms with Gasteiger partial charge in [0.2, 0.25) is 0 Å². The summed E-state index contributed by atoms with van der Waals surface area (Å²) in [7, 11) is 1.59. The Bertz CT molecular complexity index is 717. The number of nitrogens with one attached hydrogen (secondary N) is 2. The molecule has 7 heteroatoms. The minimum Gasteiger partial charge on any atom is -0.497 e. The maximum atomic E-state index is 11.7. The molecule has 0 saturated carbocycles. The van der Waals surface area contributed by atoms with Crippen LogP contribution in [0.3, 0.4) is 0 Å². The second kappa shape index (κ2) is 10.3. The molecule has 0 spiro atoms. The molecule has 0 aliphatic carbocycles. The number of hydrogen-bond donors (Lipinski definition) is 2. The Labute approximate surface area is 157 Å². The van der Waals surface area contributed by atoms with Gasteiger partial charge in [0.1, 0.15) is 18.1 Å². The summed E-state index contributed by atoms with van der Waals surface area (Å²) in [4.78, 5) is 23.4. The second-order valence-corrected chi connectivity index (χ2v) is 5.85. The highest BCUT2D eigenvalue weighted by atomic mass is 35.5. The van der Waals surface area contributed by atoms with E-state index in [4.69, 9.17) is 21.1 Å². The smallest absolute Gasteiger partial charge is 0.309 e. The molecule has 0 unspecified atom stereocenters. The Morgan fingerprint density at radius 2 is 1.46 bits per heavy atom. The van der Waals surface area contributed by atoms with Crippen LogP contribution in [0.25, 0.3) is 0 Å². The summed E-state index contributed by atoms with van der Waals surface area (Å²) in [5.41, 5.74) is 1.03. The molecule has 2 rings (SSSR count). The highest BCUT2D eigenvalue weighted by Gasteiger charge is 2.11. The summed E-state index contributed by atoms with van der Waals surface area (Å²) < 4.78 is 10.5. The third-order valence-electron chi connectivity index (χ3n) is 3.53. The van der Waals surface area contributed by atoms with Crippen molar-refractivity contribution in [3.05, 3.63) is 59.1 Å². The molecule has 0 aliphatic heterocycles. The average molecular weight is 377 g/mol. The van der Waals surface area contributed by atoms with Crippen LogP contribution in [0.5, 0.6) is 11.5 Å². The first-order valence-electron chi connectivity index (χ1n) is 8.16. The number of carbonyl (C=O) groups excluding carboxylic acids is 2. The Hall–Kier alpha value is -2.73. The van der Waals surface area contributed by atoms with Crippen molar-refractivity contribution in [2.24, 2.45) is 0 Å². The molecule has 2 aromatic carbocycles. The van der Waals surface area contributed by atoms with Gasteiger partial charge in [-0.05, 0) is 48.4 Å². The van der Waals surface area contributed by atoms with E-state index in [1.165, 1.54) is 0 Å². The number of carbonyl (C=O) groups is 2. The van der Waals surface area contributed by atoms with Crippen LogP contribution in [0.15, 0.2) is 48.5 Å². The summed E-state index contributed by atoms with van der Waals surface area (Å²) >= 11 is 5.81. The molecule has 138 valence electrons. The normalized spacial score (nSPS) is 10.1. The number of amides is 2. The fourth-order valence-electron chi connectivity index (χ4n) is 2.14. The maximum absolute atomic E-state index is 11.7. The maximum Gasteiger partial charge on any atom is 0.309 e. The van der Waals surface area contributed by atoms with E-state index in [9.17, 15) is 9.59 Å². The molecule has 0 atom stereocenters. The molecule has 0 bridgehead atoms. The van der Waals surface area contributed by atoms with Gasteiger partial charge in [-0.25, -0.2) is 0 Å². The summed E-state index contributed by atoms with van der Waals surface area (Å²) in [6.07, 6.45) is 0.622. The first-order chi connectivity index (χ1) is 12.6. The minimum absolute atomic E-state index is 0.232. The minimum atomic E-state index is -0.681. The monoisotopic (exact) mass is 376 g/mol. The summed E-state index contributed by atoms with van der Waals surface area (Å²) in [5.74, 6) is 0.0521. The Balaban J connectivity index is 1.60. The predicted octanol–water partition coefficient (Wildman–Crippen LogP) is 2.20. The Morgan fingerprint density at radius 3 is 2.08 bits per heavy atom. The van der Waals surface area contributed by atoms with Crippen LogP contribution in [0.2, 0.25) is 5.02 Å². The van der Waals surface area contributed by atoms with E-state index in [0.717, 1.165) is 11.3 Å². The first-order valence-corrected chi connectivity index (χ1v) is 8.53. The SMILES string of the molecule is COc1ccc(OCCNC(=O)C(=O)NCCc2ccc(Cl)cc2)cc1. The van der Waals surface area contributed by atoms with Gasteiger partial charge in [-0.3, -0.25) is 9.59 Å². The van der Waals surface area contributed by atoms with Crippen LogP contribution in [-0.2, 0) is 16.0 Å². The third kappa shape index (κ3) is 6.64. The quantitative estimate of drug-likeness (QED) is 0.547. The Kier molecular flexibility index (Phi) is 7.76. The highest BCUT2D eigenvalue weighted by molar-refractivity contribution is 6.35. The predicted molar refractivity (Wildman–Crippen MR) is 99.7 cm³/mol. The van der Waals surface area contributed by atoms with Crippen LogP contribution >= 0.6 is 11.6 Å². The Morgan fingerprint density at radius 1 is 0.885 bits per heavy atom. The second-order valence-electron chi connectivity index (χ2n) is 5.41. The van der Waals surface area contributed by atoms with E-state index in [1.807, 2.05) is 12.1 Å². The van der Waals surface area contributed by atoms with Gasteiger partial charge in [-0.2, -0.15) is 0 Å². The summed E-state index contributed by atoms with van der Waals surface area (Å²) in [6, 6.07) is 14.4. The van der Waals surface area contributed by atoms with Crippen LogP contribution in [0.4, 0.5) is 0 Å². The van der Waals surface area contributed by atoms with Crippen molar-refractivity contribution in [2.75, 3.05) is 26.8 Å². The zero-order chi connectivity index (χ0) is 18.8. The van der Waals surface area contributed by atoms with Crippen molar-refractivity contribution in [1.82, 2.24) is 10.6 Å². The van der Waals surface area contributed by atoms with Gasteiger partial charge >= 0.3 is 11.8 Å². The molecular formula is C19H21ClN2O4. The van der Waals surface area contributed by atoms with E-state index in [0.29, 0.717) is 23.7 Å². The topological polar surface area (TPSA) is 76.7 Å². The van der Waals surface area contributed by atoms with Gasteiger partial charge in [0.25, 0.3) is 0 Å². The van der Waals surface area contributed by atoms with E-state index in [1.54, 1.807) is 43.5 Å². The van der Waals surface area contributed by atoms with Crippen molar-refractivity contribution in [2.45, 2.75) is 6.42 Å². The number of ether oxygens (including phenoxy) is 2. The average Bonchev–Trinajstić information content (AvgIpc) is 2.67. The van der Waals surface area contributed by atoms with Crippen LogP contribution < -0.4 is 20.1 Å². The number of methoxy groups -OCH3 is 1. The van der Waals surface area contributed by atoms with Gasteiger partial charge in [0.05, 0.1) is 13.7 Å². The molecule has 0 aromatic heterocycles. The summed E-state index contributed by atoms with van der Waals surface area (Å²) in [5, 5.41) is 5.75.